The van der Waals surface area contributed by atoms with Crippen molar-refractivity contribution in [2.24, 2.45) is 0 Å². The first kappa shape index (κ1) is 20.5. The monoisotopic (exact) mass is 437 g/mol. The van der Waals surface area contributed by atoms with Crippen molar-refractivity contribution in [2.75, 3.05) is 5.32 Å². The first-order chi connectivity index (χ1) is 16.1. The Bertz CT molecular complexity index is 1390. The fraction of sp³-hybridized carbons (Fsp3) is 0.167. The molecule has 0 unspecified atom stereocenters. The lowest BCUT2D eigenvalue weighted by Gasteiger charge is -2.08. The highest BCUT2D eigenvalue weighted by Crippen LogP contribution is 2.30. The maximum Gasteiger partial charge on any atom is 0.227 e. The van der Waals surface area contributed by atoms with E-state index in [9.17, 15) is 0 Å². The molecule has 0 saturated carbocycles. The van der Waals surface area contributed by atoms with Gasteiger partial charge in [0.25, 0.3) is 0 Å². The molecule has 0 saturated heterocycles. The van der Waals surface area contributed by atoms with Crippen molar-refractivity contribution in [3.05, 3.63) is 78.9 Å². The Kier molecular flexibility index (Phi) is 5.35. The van der Waals surface area contributed by atoms with Crippen molar-refractivity contribution in [3.8, 4) is 28.2 Å². The lowest BCUT2D eigenvalue weighted by atomic mass is 10.1. The van der Waals surface area contributed by atoms with Gasteiger partial charge in [-0.15, -0.1) is 0 Å². The molecule has 0 atom stereocenters. The van der Waals surface area contributed by atoms with E-state index in [1.165, 1.54) is 0 Å². The van der Waals surface area contributed by atoms with Gasteiger partial charge in [-0.05, 0) is 63.2 Å². The van der Waals surface area contributed by atoms with E-state index in [2.05, 4.69) is 32.3 Å². The summed E-state index contributed by atoms with van der Waals surface area (Å²) in [5.74, 6) is 2.10. The van der Waals surface area contributed by atoms with Crippen molar-refractivity contribution in [1.29, 1.82) is 0 Å². The molecule has 4 heterocycles. The molecule has 9 heteroatoms. The predicted octanol–water partition coefficient (Wildman–Crippen LogP) is 4.36. The third-order valence-corrected chi connectivity index (χ3v) is 5.20. The molecule has 0 radical (unpaired) electrons. The van der Waals surface area contributed by atoms with Crippen LogP contribution in [-0.2, 0) is 6.54 Å². The van der Waals surface area contributed by atoms with Crippen LogP contribution >= 0.6 is 0 Å². The van der Waals surface area contributed by atoms with Gasteiger partial charge in [0.05, 0.1) is 11.4 Å². The summed E-state index contributed by atoms with van der Waals surface area (Å²) in [6.45, 7) is 6.64. The van der Waals surface area contributed by atoms with Crippen molar-refractivity contribution in [3.63, 3.8) is 0 Å². The average Bonchev–Trinajstić information content (AvgIpc) is 3.43. The molecule has 4 aromatic heterocycles. The van der Waals surface area contributed by atoms with Gasteiger partial charge in [-0.2, -0.15) is 10.2 Å². The summed E-state index contributed by atoms with van der Waals surface area (Å²) < 4.78 is 3.72. The van der Waals surface area contributed by atoms with Gasteiger partial charge in [0.15, 0.2) is 0 Å². The lowest BCUT2D eigenvalue weighted by molar-refractivity contribution is 0.662. The summed E-state index contributed by atoms with van der Waals surface area (Å²) in [5.41, 5.74) is 5.34. The average molecular weight is 438 g/mol. The molecule has 164 valence electrons. The Balaban J connectivity index is 1.43. The van der Waals surface area contributed by atoms with Gasteiger partial charge >= 0.3 is 0 Å². The number of nitrogens with zero attached hydrogens (tertiary/aromatic N) is 8. The molecule has 5 aromatic rings. The fourth-order valence-corrected chi connectivity index (χ4v) is 3.64. The lowest BCUT2D eigenvalue weighted by Crippen LogP contribution is -2.01. The zero-order valence-corrected chi connectivity index (χ0v) is 18.6. The molecular weight excluding hydrogens is 414 g/mol. The van der Waals surface area contributed by atoms with Crippen LogP contribution in [0, 0.1) is 13.8 Å². The van der Waals surface area contributed by atoms with E-state index >= 15 is 0 Å². The van der Waals surface area contributed by atoms with Crippen molar-refractivity contribution < 1.29 is 0 Å². The highest BCUT2D eigenvalue weighted by molar-refractivity contribution is 5.78. The van der Waals surface area contributed by atoms with Crippen LogP contribution in [0.2, 0.25) is 0 Å². The summed E-state index contributed by atoms with van der Waals surface area (Å²) in [6.07, 6.45) is 7.32. The van der Waals surface area contributed by atoms with Crippen LogP contribution in [-0.4, -0.2) is 39.5 Å². The smallest absolute Gasteiger partial charge is 0.227 e. The fourth-order valence-electron chi connectivity index (χ4n) is 3.64. The second kappa shape index (κ2) is 8.62. The largest absolute Gasteiger partial charge is 0.324 e. The van der Waals surface area contributed by atoms with E-state index in [-0.39, 0.29) is 0 Å². The van der Waals surface area contributed by atoms with Crippen LogP contribution in [0.5, 0.6) is 0 Å². The number of anilines is 2. The van der Waals surface area contributed by atoms with Crippen LogP contribution in [0.4, 0.5) is 11.6 Å². The summed E-state index contributed by atoms with van der Waals surface area (Å²) in [4.78, 5) is 17.7. The number of hydrogen-bond donors (Lipinski definition) is 1. The summed E-state index contributed by atoms with van der Waals surface area (Å²) in [5, 5.41) is 12.4. The van der Waals surface area contributed by atoms with E-state index in [0.717, 1.165) is 52.1 Å². The molecule has 0 bridgehead atoms. The highest BCUT2D eigenvalue weighted by Gasteiger charge is 2.15. The third-order valence-electron chi connectivity index (χ3n) is 5.20. The Morgan fingerprint density at radius 1 is 0.939 bits per heavy atom. The van der Waals surface area contributed by atoms with E-state index < -0.39 is 0 Å². The zero-order valence-electron chi connectivity index (χ0n) is 18.6. The number of pyridine rings is 1. The second-order valence-electron chi connectivity index (χ2n) is 7.54. The van der Waals surface area contributed by atoms with Crippen molar-refractivity contribution >= 4 is 11.6 Å². The van der Waals surface area contributed by atoms with Gasteiger partial charge in [0.2, 0.25) is 5.95 Å². The van der Waals surface area contributed by atoms with Crippen LogP contribution in [0.15, 0.2) is 67.3 Å². The maximum atomic E-state index is 4.75. The van der Waals surface area contributed by atoms with E-state index in [0.29, 0.717) is 5.95 Å². The normalized spacial score (nSPS) is 11.0. The molecule has 1 N–H and O–H groups in total. The van der Waals surface area contributed by atoms with E-state index in [4.69, 9.17) is 10.1 Å². The number of nitrogens with one attached hydrogen (secondary N) is 1. The molecule has 0 fully saturated rings. The van der Waals surface area contributed by atoms with E-state index in [1.54, 1.807) is 12.4 Å². The molecule has 0 aliphatic carbocycles. The molecule has 33 heavy (non-hydrogen) atoms. The minimum atomic E-state index is 0.509. The van der Waals surface area contributed by atoms with E-state index in [1.807, 2.05) is 78.1 Å². The molecule has 9 nitrogen and oxygen atoms in total. The highest BCUT2D eigenvalue weighted by atomic mass is 15.3. The SMILES string of the molecule is CCn1cc(-c2ccnc(Nc3ccc(-n4nc(C)nc4C)cc3)n2)c(-c2cccnc2)n1. The number of rotatable bonds is 6. The van der Waals surface area contributed by atoms with Gasteiger partial charge in [0, 0.05) is 48.1 Å². The Hall–Kier alpha value is -4.40. The van der Waals surface area contributed by atoms with Gasteiger partial charge < -0.3 is 5.32 Å². The topological polar surface area (TPSA) is 99.2 Å². The predicted molar refractivity (Wildman–Crippen MR) is 126 cm³/mol. The van der Waals surface area contributed by atoms with Crippen LogP contribution < -0.4 is 5.32 Å². The minimum absolute atomic E-state index is 0.509. The number of aryl methyl sites for hydroxylation is 3. The summed E-state index contributed by atoms with van der Waals surface area (Å²) >= 11 is 0. The van der Waals surface area contributed by atoms with Gasteiger partial charge in [-0.3, -0.25) is 9.67 Å². The summed E-state index contributed by atoms with van der Waals surface area (Å²) in [6, 6.07) is 13.7. The maximum absolute atomic E-state index is 4.75. The first-order valence-electron chi connectivity index (χ1n) is 10.7. The van der Waals surface area contributed by atoms with Gasteiger partial charge in [-0.1, -0.05) is 0 Å². The molecule has 1 aromatic carbocycles. The zero-order chi connectivity index (χ0) is 22.8. The quantitative estimate of drug-likeness (QED) is 0.421. The molecular formula is C24H23N9. The van der Waals surface area contributed by atoms with Gasteiger partial charge in [-0.25, -0.2) is 19.6 Å². The van der Waals surface area contributed by atoms with Crippen LogP contribution in [0.3, 0.4) is 0 Å². The molecule has 5 rings (SSSR count). The molecule has 0 amide bonds. The van der Waals surface area contributed by atoms with Crippen molar-refractivity contribution in [1.82, 2.24) is 39.5 Å². The second-order valence-corrected chi connectivity index (χ2v) is 7.54. The third kappa shape index (κ3) is 4.20. The van der Waals surface area contributed by atoms with Crippen LogP contribution in [0.1, 0.15) is 18.6 Å². The standard InChI is InChI=1S/C24H23N9/c1-4-32-15-21(23(31-32)18-6-5-12-25-14-18)22-11-13-26-24(29-22)28-19-7-9-20(10-8-19)33-17(3)27-16(2)30-33/h5-15H,4H2,1-3H3,(H,26,28,29). The Morgan fingerprint density at radius 3 is 2.48 bits per heavy atom. The summed E-state index contributed by atoms with van der Waals surface area (Å²) in [7, 11) is 0. The number of hydrogen-bond acceptors (Lipinski definition) is 7. The Labute approximate surface area is 191 Å². The molecule has 0 spiro atoms. The van der Waals surface area contributed by atoms with Crippen LogP contribution in [0.25, 0.3) is 28.2 Å². The minimum Gasteiger partial charge on any atom is -0.324 e. The number of benzene rings is 1. The Morgan fingerprint density at radius 2 is 1.79 bits per heavy atom. The molecule has 0 aliphatic rings. The van der Waals surface area contributed by atoms with Crippen molar-refractivity contribution in [2.45, 2.75) is 27.3 Å². The number of aromatic nitrogens is 8. The first-order valence-corrected chi connectivity index (χ1v) is 10.7. The molecule has 0 aliphatic heterocycles. The van der Waals surface area contributed by atoms with Gasteiger partial charge in [0.1, 0.15) is 17.3 Å².